The molecule has 1 aliphatic rings. The number of hydrogen-bond donors (Lipinski definition) is 1. The molecule has 1 aromatic carbocycles. The van der Waals surface area contributed by atoms with E-state index in [0.717, 1.165) is 17.7 Å². The van der Waals surface area contributed by atoms with Gasteiger partial charge in [-0.3, -0.25) is 4.90 Å². The van der Waals surface area contributed by atoms with E-state index in [0.29, 0.717) is 6.54 Å². The van der Waals surface area contributed by atoms with Gasteiger partial charge in [0.25, 0.3) is 0 Å². The minimum absolute atomic E-state index is 0.0569. The average Bonchev–Trinajstić information content (AvgIpc) is 2.54. The number of halogens is 3. The van der Waals surface area contributed by atoms with Gasteiger partial charge >= 0.3 is 21.6 Å². The number of alkyl halides is 3. The van der Waals surface area contributed by atoms with E-state index >= 15 is 0 Å². The Kier molecular flexibility index (Phi) is 6.09. The lowest BCUT2D eigenvalue weighted by atomic mass is 10.1. The summed E-state index contributed by atoms with van der Waals surface area (Å²) in [5.41, 5.74) is -4.52. The van der Waals surface area contributed by atoms with Gasteiger partial charge in [0.15, 0.2) is 0 Å². The molecule has 26 heavy (non-hydrogen) atoms. The molecule has 2 rings (SSSR count). The number of carboxylic acid groups (broad SMARTS) is 1. The van der Waals surface area contributed by atoms with Crippen LogP contribution in [0.25, 0.3) is 0 Å². The minimum Gasteiger partial charge on any atom is -0.478 e. The summed E-state index contributed by atoms with van der Waals surface area (Å²) in [6.07, 6.45) is 1.69. The van der Waals surface area contributed by atoms with E-state index in [1.807, 2.05) is 35.2 Å². The standard InChI is InChI=1S/C16H16F3NO5S/c17-16(18,19)26(23,24)25-14-8-9-20(10-12-4-2-1-3-5-12)11-13(14)6-7-15(21)22/h1-7H,8-11H2,(H,21,22)/b7-6+. The second-order valence-electron chi connectivity index (χ2n) is 5.55. The minimum atomic E-state index is -5.80. The number of hydrogen-bond acceptors (Lipinski definition) is 5. The molecular weight excluding hydrogens is 375 g/mol. The number of benzene rings is 1. The highest BCUT2D eigenvalue weighted by Crippen LogP contribution is 2.30. The zero-order chi connectivity index (χ0) is 19.4. The molecule has 0 amide bonds. The fourth-order valence-corrected chi connectivity index (χ4v) is 2.95. The van der Waals surface area contributed by atoms with E-state index in [2.05, 4.69) is 4.18 Å². The van der Waals surface area contributed by atoms with Crippen LogP contribution in [0.3, 0.4) is 0 Å². The largest absolute Gasteiger partial charge is 0.534 e. The average molecular weight is 391 g/mol. The number of carboxylic acids is 1. The van der Waals surface area contributed by atoms with Crippen molar-refractivity contribution in [3.8, 4) is 0 Å². The van der Waals surface area contributed by atoms with Gasteiger partial charge in [-0.05, 0) is 11.6 Å². The number of nitrogens with zero attached hydrogens (tertiary/aromatic N) is 1. The SMILES string of the molecule is O=C(O)/C=C/C1=C(OS(=O)(=O)C(F)(F)F)CCN(Cc2ccccc2)C1. The second kappa shape index (κ2) is 7.92. The van der Waals surface area contributed by atoms with Gasteiger partial charge in [-0.1, -0.05) is 30.3 Å². The Hall–Kier alpha value is -2.33. The molecule has 0 bridgehead atoms. The Morgan fingerprint density at radius 3 is 2.50 bits per heavy atom. The van der Waals surface area contributed by atoms with Crippen LogP contribution in [0.4, 0.5) is 13.2 Å². The van der Waals surface area contributed by atoms with Crippen LogP contribution in [0.15, 0.2) is 53.8 Å². The van der Waals surface area contributed by atoms with Crippen molar-refractivity contribution in [2.24, 2.45) is 0 Å². The molecular formula is C16H16F3NO5S. The van der Waals surface area contributed by atoms with Crippen LogP contribution in [-0.4, -0.2) is 43.0 Å². The van der Waals surface area contributed by atoms with Crippen LogP contribution >= 0.6 is 0 Å². The molecule has 0 saturated carbocycles. The highest BCUT2D eigenvalue weighted by atomic mass is 32.2. The third-order valence-corrected chi connectivity index (χ3v) is 4.56. The monoisotopic (exact) mass is 391 g/mol. The van der Waals surface area contributed by atoms with Crippen LogP contribution < -0.4 is 0 Å². The third-order valence-electron chi connectivity index (χ3n) is 3.58. The Morgan fingerprint density at radius 2 is 1.92 bits per heavy atom. The highest BCUT2D eigenvalue weighted by Gasteiger charge is 2.49. The van der Waals surface area contributed by atoms with Gasteiger partial charge in [-0.25, -0.2) is 4.79 Å². The van der Waals surface area contributed by atoms with Crippen molar-refractivity contribution < 1.29 is 35.7 Å². The Balaban J connectivity index is 2.24. The van der Waals surface area contributed by atoms with Crippen LogP contribution in [-0.2, 0) is 25.6 Å². The summed E-state index contributed by atoms with van der Waals surface area (Å²) in [6, 6.07) is 9.26. The summed E-state index contributed by atoms with van der Waals surface area (Å²) in [5.74, 6) is -1.71. The maximum atomic E-state index is 12.5. The molecule has 6 nitrogen and oxygen atoms in total. The number of rotatable bonds is 6. The molecule has 0 unspecified atom stereocenters. The Labute approximate surface area is 148 Å². The lowest BCUT2D eigenvalue weighted by molar-refractivity contribution is -0.131. The first-order valence-corrected chi connectivity index (χ1v) is 8.89. The number of aliphatic carboxylic acids is 1. The van der Waals surface area contributed by atoms with Crippen molar-refractivity contribution in [3.05, 3.63) is 59.4 Å². The van der Waals surface area contributed by atoms with Gasteiger partial charge in [0.2, 0.25) is 0 Å². The van der Waals surface area contributed by atoms with Crippen LogP contribution in [0.2, 0.25) is 0 Å². The highest BCUT2D eigenvalue weighted by molar-refractivity contribution is 7.87. The first-order valence-electron chi connectivity index (χ1n) is 7.48. The molecule has 0 radical (unpaired) electrons. The van der Waals surface area contributed by atoms with E-state index in [1.165, 1.54) is 0 Å². The van der Waals surface area contributed by atoms with Crippen molar-refractivity contribution in [2.45, 2.75) is 18.5 Å². The molecule has 10 heteroatoms. The van der Waals surface area contributed by atoms with Crippen molar-refractivity contribution in [1.82, 2.24) is 4.90 Å². The van der Waals surface area contributed by atoms with E-state index in [4.69, 9.17) is 5.11 Å². The topological polar surface area (TPSA) is 83.9 Å². The quantitative estimate of drug-likeness (QED) is 0.456. The summed E-state index contributed by atoms with van der Waals surface area (Å²) in [4.78, 5) is 12.6. The molecule has 0 aromatic heterocycles. The zero-order valence-electron chi connectivity index (χ0n) is 13.4. The molecule has 0 fully saturated rings. The normalized spacial score (nSPS) is 16.9. The molecule has 0 saturated heterocycles. The lowest BCUT2D eigenvalue weighted by Gasteiger charge is -2.29. The first kappa shape index (κ1) is 20.0. The van der Waals surface area contributed by atoms with Gasteiger partial charge in [-0.15, -0.1) is 0 Å². The zero-order valence-corrected chi connectivity index (χ0v) is 14.3. The van der Waals surface area contributed by atoms with Crippen molar-refractivity contribution in [3.63, 3.8) is 0 Å². The Morgan fingerprint density at radius 1 is 1.27 bits per heavy atom. The van der Waals surface area contributed by atoms with Crippen LogP contribution in [0.5, 0.6) is 0 Å². The molecule has 0 atom stereocenters. The molecule has 1 heterocycles. The first-order chi connectivity index (χ1) is 12.1. The summed E-state index contributed by atoms with van der Waals surface area (Å²) in [7, 11) is -5.80. The second-order valence-corrected chi connectivity index (χ2v) is 7.09. The molecule has 1 aromatic rings. The predicted octanol–water partition coefficient (Wildman–Crippen LogP) is 2.65. The van der Waals surface area contributed by atoms with Gasteiger partial charge in [0.05, 0.1) is 0 Å². The summed E-state index contributed by atoms with van der Waals surface area (Å²) in [6.45, 7) is 0.800. The maximum Gasteiger partial charge on any atom is 0.534 e. The van der Waals surface area contributed by atoms with E-state index in [9.17, 15) is 26.4 Å². The predicted molar refractivity (Wildman–Crippen MR) is 86.2 cm³/mol. The van der Waals surface area contributed by atoms with Gasteiger partial charge in [-0.2, -0.15) is 21.6 Å². The van der Waals surface area contributed by atoms with Crippen molar-refractivity contribution in [2.75, 3.05) is 13.1 Å². The fraction of sp³-hybridized carbons (Fsp3) is 0.312. The van der Waals surface area contributed by atoms with Crippen molar-refractivity contribution in [1.29, 1.82) is 0 Å². The van der Waals surface area contributed by atoms with E-state index in [1.54, 1.807) is 0 Å². The smallest absolute Gasteiger partial charge is 0.478 e. The van der Waals surface area contributed by atoms with Gasteiger partial charge in [0, 0.05) is 37.7 Å². The summed E-state index contributed by atoms with van der Waals surface area (Å²) >= 11 is 0. The molecule has 1 aliphatic heterocycles. The Bertz CT molecular complexity index is 816. The summed E-state index contributed by atoms with van der Waals surface area (Å²) in [5, 5.41) is 8.73. The van der Waals surface area contributed by atoms with E-state index < -0.39 is 27.4 Å². The molecule has 0 spiro atoms. The lowest BCUT2D eigenvalue weighted by Crippen LogP contribution is -2.33. The van der Waals surface area contributed by atoms with Crippen LogP contribution in [0.1, 0.15) is 12.0 Å². The maximum absolute atomic E-state index is 12.5. The van der Waals surface area contributed by atoms with Gasteiger partial charge < -0.3 is 9.29 Å². The third kappa shape index (κ3) is 5.33. The fourth-order valence-electron chi connectivity index (χ4n) is 2.40. The molecule has 1 N–H and O–H groups in total. The molecule has 0 aliphatic carbocycles. The summed E-state index contributed by atoms with van der Waals surface area (Å²) < 4.78 is 64.3. The van der Waals surface area contributed by atoms with Crippen LogP contribution in [0, 0.1) is 0 Å². The number of carbonyl (C=O) groups is 1. The molecule has 142 valence electrons. The van der Waals surface area contributed by atoms with Crippen molar-refractivity contribution >= 4 is 16.1 Å². The van der Waals surface area contributed by atoms with Gasteiger partial charge in [0.1, 0.15) is 5.76 Å². The van der Waals surface area contributed by atoms with E-state index in [-0.39, 0.29) is 25.1 Å².